The fourth-order valence-corrected chi connectivity index (χ4v) is 0.972. The SMILES string of the molecule is C=CCN(CC=C)C/C=C/C(=O)Cl.Cl. The van der Waals surface area contributed by atoms with Gasteiger partial charge in [-0.3, -0.25) is 9.69 Å². The minimum Gasteiger partial charge on any atom is -0.292 e. The van der Waals surface area contributed by atoms with Gasteiger partial charge in [-0.25, -0.2) is 0 Å². The van der Waals surface area contributed by atoms with Crippen molar-refractivity contribution >= 4 is 29.3 Å². The van der Waals surface area contributed by atoms with Crippen molar-refractivity contribution in [1.82, 2.24) is 4.90 Å². The third-order valence-electron chi connectivity index (χ3n) is 1.39. The Kier molecular flexibility index (Phi) is 11.9. The zero-order valence-corrected chi connectivity index (χ0v) is 9.56. The minimum absolute atomic E-state index is 0. The lowest BCUT2D eigenvalue weighted by Crippen LogP contribution is -2.23. The highest BCUT2D eigenvalue weighted by Crippen LogP contribution is 1.91. The molecule has 0 spiro atoms. The van der Waals surface area contributed by atoms with E-state index in [1.165, 1.54) is 6.08 Å². The van der Waals surface area contributed by atoms with Crippen LogP contribution in [-0.2, 0) is 4.79 Å². The molecule has 0 saturated heterocycles. The summed E-state index contributed by atoms with van der Waals surface area (Å²) in [5.74, 6) is 0. The predicted molar refractivity (Wildman–Crippen MR) is 64.1 cm³/mol. The Bertz CT molecular complexity index is 204. The summed E-state index contributed by atoms with van der Waals surface area (Å²) in [5, 5.41) is -0.447. The quantitative estimate of drug-likeness (QED) is 0.384. The van der Waals surface area contributed by atoms with Crippen molar-refractivity contribution in [2.45, 2.75) is 0 Å². The van der Waals surface area contributed by atoms with Gasteiger partial charge in [0.1, 0.15) is 0 Å². The van der Waals surface area contributed by atoms with Crippen molar-refractivity contribution in [3.05, 3.63) is 37.5 Å². The summed E-state index contributed by atoms with van der Waals surface area (Å²) in [4.78, 5) is 12.4. The number of hydrogen-bond acceptors (Lipinski definition) is 2. The Morgan fingerprint density at radius 3 is 2.07 bits per heavy atom. The Labute approximate surface area is 96.3 Å². The zero-order valence-electron chi connectivity index (χ0n) is 7.99. The lowest BCUT2D eigenvalue weighted by atomic mass is 10.4. The molecule has 0 N–H and O–H groups in total. The molecule has 0 aromatic rings. The summed E-state index contributed by atoms with van der Waals surface area (Å²) in [5.41, 5.74) is 0. The highest BCUT2D eigenvalue weighted by atomic mass is 35.5. The Morgan fingerprint density at radius 2 is 1.71 bits per heavy atom. The van der Waals surface area contributed by atoms with Crippen molar-refractivity contribution in [2.75, 3.05) is 19.6 Å². The summed E-state index contributed by atoms with van der Waals surface area (Å²) < 4.78 is 0. The van der Waals surface area contributed by atoms with Gasteiger partial charge in [-0.1, -0.05) is 18.2 Å². The van der Waals surface area contributed by atoms with E-state index >= 15 is 0 Å². The maximum Gasteiger partial charge on any atom is 0.244 e. The minimum atomic E-state index is -0.447. The third kappa shape index (κ3) is 9.52. The summed E-state index contributed by atoms with van der Waals surface area (Å²) >= 11 is 5.13. The van der Waals surface area contributed by atoms with Gasteiger partial charge in [-0.05, 0) is 17.7 Å². The second-order valence-corrected chi connectivity index (χ2v) is 2.87. The first-order valence-electron chi connectivity index (χ1n) is 4.01. The van der Waals surface area contributed by atoms with E-state index in [0.717, 1.165) is 13.1 Å². The van der Waals surface area contributed by atoms with E-state index in [1.54, 1.807) is 18.2 Å². The average molecular weight is 236 g/mol. The van der Waals surface area contributed by atoms with Crippen LogP contribution >= 0.6 is 24.0 Å². The van der Waals surface area contributed by atoms with Gasteiger partial charge in [0.2, 0.25) is 5.24 Å². The second kappa shape index (κ2) is 10.5. The number of hydrogen-bond donors (Lipinski definition) is 0. The number of nitrogens with zero attached hydrogens (tertiary/aromatic N) is 1. The highest BCUT2D eigenvalue weighted by Gasteiger charge is 1.96. The molecule has 2 nitrogen and oxygen atoms in total. The van der Waals surface area contributed by atoms with Gasteiger partial charge in [-0.2, -0.15) is 0 Å². The molecule has 14 heavy (non-hydrogen) atoms. The van der Waals surface area contributed by atoms with Crippen LogP contribution in [0.2, 0.25) is 0 Å². The molecule has 0 heterocycles. The standard InChI is InChI=1S/C10H14ClNO.ClH/c1-3-7-12(8-4-2)9-5-6-10(11)13;/h3-6H,1-2,7-9H2;1H/b6-5+;. The largest absolute Gasteiger partial charge is 0.292 e. The van der Waals surface area contributed by atoms with Crippen LogP contribution in [0.15, 0.2) is 37.5 Å². The number of allylic oxidation sites excluding steroid dienone is 1. The van der Waals surface area contributed by atoms with Gasteiger partial charge < -0.3 is 0 Å². The Morgan fingerprint density at radius 1 is 1.21 bits per heavy atom. The molecule has 4 heteroatoms. The summed E-state index contributed by atoms with van der Waals surface area (Å²) in [6.07, 6.45) is 6.68. The van der Waals surface area contributed by atoms with E-state index in [-0.39, 0.29) is 12.4 Å². The van der Waals surface area contributed by atoms with E-state index in [9.17, 15) is 4.79 Å². The number of halogens is 2. The van der Waals surface area contributed by atoms with Gasteiger partial charge in [-0.15, -0.1) is 25.6 Å². The predicted octanol–water partition coefficient (Wildman–Crippen LogP) is 2.40. The zero-order chi connectivity index (χ0) is 10.1. The molecule has 80 valence electrons. The second-order valence-electron chi connectivity index (χ2n) is 2.50. The van der Waals surface area contributed by atoms with Crippen LogP contribution in [0, 0.1) is 0 Å². The molecular formula is C10H15Cl2NO. The normalized spacial score (nSPS) is 9.86. The molecule has 0 aliphatic rings. The maximum atomic E-state index is 10.4. The Balaban J connectivity index is 0. The molecule has 0 amide bonds. The van der Waals surface area contributed by atoms with Gasteiger partial charge in [0, 0.05) is 19.6 Å². The van der Waals surface area contributed by atoms with Crippen molar-refractivity contribution < 1.29 is 4.79 Å². The van der Waals surface area contributed by atoms with Crippen molar-refractivity contribution in [1.29, 1.82) is 0 Å². The van der Waals surface area contributed by atoms with Crippen LogP contribution in [0.3, 0.4) is 0 Å². The van der Waals surface area contributed by atoms with Crippen LogP contribution in [-0.4, -0.2) is 29.8 Å². The van der Waals surface area contributed by atoms with Crippen LogP contribution in [0.1, 0.15) is 0 Å². The van der Waals surface area contributed by atoms with E-state index in [1.807, 2.05) is 0 Å². The fraction of sp³-hybridized carbons (Fsp3) is 0.300. The molecule has 0 aliphatic heterocycles. The maximum absolute atomic E-state index is 10.4. The topological polar surface area (TPSA) is 20.3 Å². The molecule has 0 fully saturated rings. The fourth-order valence-electron chi connectivity index (χ4n) is 0.883. The van der Waals surface area contributed by atoms with Crippen molar-refractivity contribution in [3.63, 3.8) is 0 Å². The molecule has 0 unspecified atom stereocenters. The first-order valence-corrected chi connectivity index (χ1v) is 4.38. The molecular weight excluding hydrogens is 221 g/mol. The molecule has 0 aromatic carbocycles. The first-order chi connectivity index (χ1) is 6.20. The number of rotatable bonds is 7. The molecule has 0 rings (SSSR count). The van der Waals surface area contributed by atoms with Crippen molar-refractivity contribution in [2.24, 2.45) is 0 Å². The van der Waals surface area contributed by atoms with Gasteiger partial charge in [0.05, 0.1) is 0 Å². The van der Waals surface area contributed by atoms with E-state index in [0.29, 0.717) is 6.54 Å². The van der Waals surface area contributed by atoms with Crippen LogP contribution < -0.4 is 0 Å². The number of carbonyl (C=O) groups is 1. The molecule has 0 atom stereocenters. The highest BCUT2D eigenvalue weighted by molar-refractivity contribution is 6.66. The van der Waals surface area contributed by atoms with Gasteiger partial charge >= 0.3 is 0 Å². The van der Waals surface area contributed by atoms with E-state index in [2.05, 4.69) is 18.1 Å². The summed E-state index contributed by atoms with van der Waals surface area (Å²) in [6, 6.07) is 0. The molecule has 0 aromatic heterocycles. The summed E-state index contributed by atoms with van der Waals surface area (Å²) in [6.45, 7) is 9.48. The van der Waals surface area contributed by atoms with Gasteiger partial charge in [0.15, 0.2) is 0 Å². The molecule has 0 bridgehead atoms. The van der Waals surface area contributed by atoms with E-state index < -0.39 is 5.24 Å². The first kappa shape index (κ1) is 15.9. The van der Waals surface area contributed by atoms with Crippen LogP contribution in [0.4, 0.5) is 0 Å². The van der Waals surface area contributed by atoms with E-state index in [4.69, 9.17) is 11.6 Å². The Hall–Kier alpha value is -0.570. The van der Waals surface area contributed by atoms with Crippen molar-refractivity contribution in [3.8, 4) is 0 Å². The summed E-state index contributed by atoms with van der Waals surface area (Å²) in [7, 11) is 0. The smallest absolute Gasteiger partial charge is 0.244 e. The monoisotopic (exact) mass is 235 g/mol. The lowest BCUT2D eigenvalue weighted by Gasteiger charge is -2.15. The van der Waals surface area contributed by atoms with Crippen LogP contribution in [0.25, 0.3) is 0 Å². The average Bonchev–Trinajstić information content (AvgIpc) is 2.04. The third-order valence-corrected chi connectivity index (χ3v) is 1.51. The van der Waals surface area contributed by atoms with Crippen LogP contribution in [0.5, 0.6) is 0 Å². The van der Waals surface area contributed by atoms with Gasteiger partial charge in [0.25, 0.3) is 0 Å². The number of carbonyl (C=O) groups excluding carboxylic acids is 1. The molecule has 0 saturated carbocycles. The molecule has 0 radical (unpaired) electrons. The lowest BCUT2D eigenvalue weighted by molar-refractivity contribution is -0.107. The molecule has 0 aliphatic carbocycles.